The Morgan fingerprint density at radius 2 is 1.88 bits per heavy atom. The summed E-state index contributed by atoms with van der Waals surface area (Å²) in [6, 6.07) is 11.2. The molecule has 6 heteroatoms. The van der Waals surface area contributed by atoms with Crippen molar-refractivity contribution in [3.05, 3.63) is 53.7 Å². The van der Waals surface area contributed by atoms with Gasteiger partial charge in [0.1, 0.15) is 12.4 Å². The molecule has 2 aromatic rings. The second kappa shape index (κ2) is 9.52. The van der Waals surface area contributed by atoms with Gasteiger partial charge in [0.05, 0.1) is 12.6 Å². The van der Waals surface area contributed by atoms with Crippen LogP contribution < -0.4 is 20.1 Å². The van der Waals surface area contributed by atoms with Gasteiger partial charge in [-0.3, -0.25) is 0 Å². The minimum atomic E-state index is -0.241. The van der Waals surface area contributed by atoms with Crippen LogP contribution in [0, 0.1) is 6.92 Å². The first-order valence-corrected chi connectivity index (χ1v) is 8.35. The summed E-state index contributed by atoms with van der Waals surface area (Å²) in [5, 5.41) is 5.53. The van der Waals surface area contributed by atoms with E-state index in [0.717, 1.165) is 11.3 Å². The van der Waals surface area contributed by atoms with E-state index in [1.807, 2.05) is 51.1 Å². The maximum Gasteiger partial charge on any atom is 0.315 e. The second-order valence-corrected chi connectivity index (χ2v) is 5.94. The summed E-state index contributed by atoms with van der Waals surface area (Å²) in [4.78, 5) is 16.0. The van der Waals surface area contributed by atoms with E-state index < -0.39 is 0 Å². The molecule has 0 radical (unpaired) electrons. The number of aromatic nitrogens is 1. The fraction of sp³-hybridized carbons (Fsp3) is 0.368. The van der Waals surface area contributed by atoms with Gasteiger partial charge in [0.15, 0.2) is 0 Å². The molecule has 0 unspecified atom stereocenters. The molecule has 2 amide bonds. The van der Waals surface area contributed by atoms with Gasteiger partial charge in [-0.2, -0.15) is 0 Å². The molecule has 2 N–H and O–H groups in total. The summed E-state index contributed by atoms with van der Waals surface area (Å²) in [6.07, 6.45) is 1.78. The Morgan fingerprint density at radius 1 is 1.12 bits per heavy atom. The summed E-state index contributed by atoms with van der Waals surface area (Å²) in [5.74, 6) is 1.37. The summed E-state index contributed by atoms with van der Waals surface area (Å²) >= 11 is 0. The van der Waals surface area contributed by atoms with E-state index in [1.54, 1.807) is 12.3 Å². The standard InChI is InChI=1S/C19H25N3O3/c1-14(2)25-18-9-6-16(12-21-18)13-22-19(23)20-10-11-24-17-7-4-15(3)5-8-17/h4-9,12,14H,10-11,13H2,1-3H3,(H2,20,22,23). The molecule has 1 aromatic heterocycles. The number of rotatable bonds is 8. The first-order valence-electron chi connectivity index (χ1n) is 8.35. The molecule has 1 heterocycles. The van der Waals surface area contributed by atoms with Crippen molar-refractivity contribution in [2.75, 3.05) is 13.2 Å². The molecule has 0 aliphatic heterocycles. The quantitative estimate of drug-likeness (QED) is 0.723. The van der Waals surface area contributed by atoms with Crippen molar-refractivity contribution in [3.8, 4) is 11.6 Å². The predicted molar refractivity (Wildman–Crippen MR) is 96.9 cm³/mol. The van der Waals surface area contributed by atoms with Crippen molar-refractivity contribution in [3.63, 3.8) is 0 Å². The average Bonchev–Trinajstić information content (AvgIpc) is 2.59. The Balaban J connectivity index is 1.62. The molecular weight excluding hydrogens is 318 g/mol. The van der Waals surface area contributed by atoms with Gasteiger partial charge >= 0.3 is 6.03 Å². The summed E-state index contributed by atoms with van der Waals surface area (Å²) in [6.45, 7) is 7.17. The van der Waals surface area contributed by atoms with Gasteiger partial charge in [-0.1, -0.05) is 23.8 Å². The molecule has 0 saturated heterocycles. The topological polar surface area (TPSA) is 72.5 Å². The molecule has 0 saturated carbocycles. The van der Waals surface area contributed by atoms with Gasteiger partial charge < -0.3 is 20.1 Å². The minimum absolute atomic E-state index is 0.0874. The molecular formula is C19H25N3O3. The molecule has 0 fully saturated rings. The number of ether oxygens (including phenoxy) is 2. The molecule has 0 spiro atoms. The zero-order valence-corrected chi connectivity index (χ0v) is 14.9. The Bertz CT molecular complexity index is 655. The van der Waals surface area contributed by atoms with Crippen LogP contribution in [0.5, 0.6) is 11.6 Å². The van der Waals surface area contributed by atoms with Crippen molar-refractivity contribution >= 4 is 6.03 Å². The molecule has 0 bridgehead atoms. The smallest absolute Gasteiger partial charge is 0.315 e. The SMILES string of the molecule is Cc1ccc(OCCNC(=O)NCc2ccc(OC(C)C)nc2)cc1. The zero-order chi connectivity index (χ0) is 18.1. The highest BCUT2D eigenvalue weighted by Gasteiger charge is 2.03. The Labute approximate surface area is 148 Å². The van der Waals surface area contributed by atoms with Crippen molar-refractivity contribution in [1.82, 2.24) is 15.6 Å². The third kappa shape index (κ3) is 7.12. The van der Waals surface area contributed by atoms with Gasteiger partial charge in [0.25, 0.3) is 0 Å². The molecule has 25 heavy (non-hydrogen) atoms. The number of nitrogens with one attached hydrogen (secondary N) is 2. The molecule has 0 atom stereocenters. The van der Waals surface area contributed by atoms with E-state index >= 15 is 0 Å². The number of aryl methyl sites for hydroxylation is 1. The van der Waals surface area contributed by atoms with Crippen LogP contribution in [0.15, 0.2) is 42.6 Å². The van der Waals surface area contributed by atoms with Crippen molar-refractivity contribution in [2.45, 2.75) is 33.4 Å². The van der Waals surface area contributed by atoms with Gasteiger partial charge in [-0.15, -0.1) is 0 Å². The van der Waals surface area contributed by atoms with Crippen LogP contribution in [0.1, 0.15) is 25.0 Å². The van der Waals surface area contributed by atoms with Crippen molar-refractivity contribution in [1.29, 1.82) is 0 Å². The van der Waals surface area contributed by atoms with Crippen LogP contribution in [0.3, 0.4) is 0 Å². The van der Waals surface area contributed by atoms with Crippen LogP contribution in [0.4, 0.5) is 4.79 Å². The maximum atomic E-state index is 11.8. The maximum absolute atomic E-state index is 11.8. The number of urea groups is 1. The Hall–Kier alpha value is -2.76. The normalized spacial score (nSPS) is 10.4. The largest absolute Gasteiger partial charge is 0.492 e. The Kier molecular flexibility index (Phi) is 7.07. The third-order valence-electron chi connectivity index (χ3n) is 3.28. The minimum Gasteiger partial charge on any atom is -0.492 e. The van der Waals surface area contributed by atoms with E-state index in [9.17, 15) is 4.79 Å². The van der Waals surface area contributed by atoms with Crippen LogP contribution in [0.25, 0.3) is 0 Å². The average molecular weight is 343 g/mol. The highest BCUT2D eigenvalue weighted by molar-refractivity contribution is 5.73. The molecule has 0 aliphatic rings. The summed E-state index contributed by atoms with van der Waals surface area (Å²) in [5.41, 5.74) is 2.09. The number of pyridine rings is 1. The monoisotopic (exact) mass is 343 g/mol. The van der Waals surface area contributed by atoms with E-state index in [4.69, 9.17) is 9.47 Å². The van der Waals surface area contributed by atoms with E-state index in [0.29, 0.717) is 25.6 Å². The summed E-state index contributed by atoms with van der Waals surface area (Å²) in [7, 11) is 0. The number of carbonyl (C=O) groups excluding carboxylic acids is 1. The molecule has 0 aliphatic carbocycles. The van der Waals surface area contributed by atoms with Crippen LogP contribution in [-0.2, 0) is 6.54 Å². The molecule has 1 aromatic carbocycles. The van der Waals surface area contributed by atoms with Gasteiger partial charge in [0.2, 0.25) is 5.88 Å². The third-order valence-corrected chi connectivity index (χ3v) is 3.28. The number of hydrogen-bond donors (Lipinski definition) is 2. The van der Waals surface area contributed by atoms with Gasteiger partial charge in [-0.05, 0) is 38.5 Å². The second-order valence-electron chi connectivity index (χ2n) is 5.94. The molecule has 6 nitrogen and oxygen atoms in total. The first kappa shape index (κ1) is 18.6. The first-order chi connectivity index (χ1) is 12.0. The van der Waals surface area contributed by atoms with E-state index in [1.165, 1.54) is 5.56 Å². The van der Waals surface area contributed by atoms with E-state index in [-0.39, 0.29) is 12.1 Å². The van der Waals surface area contributed by atoms with Crippen molar-refractivity contribution < 1.29 is 14.3 Å². The number of nitrogens with zero attached hydrogens (tertiary/aromatic N) is 1. The highest BCUT2D eigenvalue weighted by atomic mass is 16.5. The number of hydrogen-bond acceptors (Lipinski definition) is 4. The number of carbonyl (C=O) groups is 1. The zero-order valence-electron chi connectivity index (χ0n) is 14.9. The lowest BCUT2D eigenvalue weighted by atomic mass is 10.2. The number of amides is 2. The molecule has 134 valence electrons. The van der Waals surface area contributed by atoms with Gasteiger partial charge in [0, 0.05) is 18.8 Å². The lowest BCUT2D eigenvalue weighted by Crippen LogP contribution is -2.37. The van der Waals surface area contributed by atoms with Crippen LogP contribution in [0.2, 0.25) is 0 Å². The lowest BCUT2D eigenvalue weighted by Gasteiger charge is -2.10. The fourth-order valence-corrected chi connectivity index (χ4v) is 2.04. The fourth-order valence-electron chi connectivity index (χ4n) is 2.04. The highest BCUT2D eigenvalue weighted by Crippen LogP contribution is 2.11. The van der Waals surface area contributed by atoms with Crippen LogP contribution >= 0.6 is 0 Å². The number of benzene rings is 1. The van der Waals surface area contributed by atoms with E-state index in [2.05, 4.69) is 15.6 Å². The van der Waals surface area contributed by atoms with Crippen LogP contribution in [-0.4, -0.2) is 30.3 Å². The predicted octanol–water partition coefficient (Wildman–Crippen LogP) is 3.06. The Morgan fingerprint density at radius 3 is 2.52 bits per heavy atom. The summed E-state index contributed by atoms with van der Waals surface area (Å²) < 4.78 is 11.0. The lowest BCUT2D eigenvalue weighted by molar-refractivity contribution is 0.232. The molecule has 2 rings (SSSR count). The van der Waals surface area contributed by atoms with Crippen molar-refractivity contribution in [2.24, 2.45) is 0 Å². The van der Waals surface area contributed by atoms with Gasteiger partial charge in [-0.25, -0.2) is 9.78 Å².